The molecule has 0 aliphatic rings. The van der Waals surface area contributed by atoms with E-state index in [1.165, 1.54) is 12.4 Å². The van der Waals surface area contributed by atoms with Crippen molar-refractivity contribution in [2.75, 3.05) is 23.9 Å². The molecule has 0 bridgehead atoms. The lowest BCUT2D eigenvalue weighted by Crippen LogP contribution is -2.31. The molecule has 1 aromatic carbocycles. The minimum Gasteiger partial charge on any atom is -0.376 e. The van der Waals surface area contributed by atoms with Gasteiger partial charge in [-0.15, -0.1) is 0 Å². The quantitative estimate of drug-likeness (QED) is 0.596. The number of nitrogens with zero attached hydrogens (tertiary/aromatic N) is 3. The van der Waals surface area contributed by atoms with Gasteiger partial charge in [0.2, 0.25) is 0 Å². The van der Waals surface area contributed by atoms with Gasteiger partial charge in [-0.25, -0.2) is 0 Å². The molecule has 25 heavy (non-hydrogen) atoms. The third-order valence-electron chi connectivity index (χ3n) is 3.21. The highest BCUT2D eigenvalue weighted by Gasteiger charge is 2.20. The summed E-state index contributed by atoms with van der Waals surface area (Å²) in [4.78, 5) is 27.9. The molecule has 0 saturated carbocycles. The lowest BCUT2D eigenvalue weighted by molar-refractivity contribution is -0.117. The Bertz CT molecular complexity index is 793. The predicted molar refractivity (Wildman–Crippen MR) is 99.6 cm³/mol. The summed E-state index contributed by atoms with van der Waals surface area (Å²) in [5, 5.41) is 10.5. The van der Waals surface area contributed by atoms with Crippen LogP contribution in [0.2, 0.25) is 10.0 Å². The fourth-order valence-electron chi connectivity index (χ4n) is 2.05. The number of carbonyl (C=O) groups excluding carboxylic acids is 2. The van der Waals surface area contributed by atoms with Crippen LogP contribution in [-0.4, -0.2) is 37.1 Å². The summed E-state index contributed by atoms with van der Waals surface area (Å²) < 4.78 is 0. The Morgan fingerprint density at radius 1 is 1.28 bits per heavy atom. The van der Waals surface area contributed by atoms with E-state index in [1.54, 1.807) is 31.3 Å². The van der Waals surface area contributed by atoms with Crippen molar-refractivity contribution in [2.24, 2.45) is 5.10 Å². The predicted octanol–water partition coefficient (Wildman–Crippen LogP) is 2.81. The van der Waals surface area contributed by atoms with Crippen molar-refractivity contribution in [3.8, 4) is 0 Å². The Labute approximate surface area is 154 Å². The van der Waals surface area contributed by atoms with E-state index in [-0.39, 0.29) is 28.2 Å². The molecule has 1 aromatic heterocycles. The lowest BCUT2D eigenvalue weighted by Gasteiger charge is -2.19. The molecule has 2 N–H and O–H groups in total. The van der Waals surface area contributed by atoms with Crippen LogP contribution in [0.3, 0.4) is 0 Å². The van der Waals surface area contributed by atoms with Gasteiger partial charge >= 0.3 is 0 Å². The molecule has 0 spiro atoms. The maximum absolute atomic E-state index is 12.4. The van der Waals surface area contributed by atoms with Crippen LogP contribution in [0.1, 0.15) is 10.4 Å². The van der Waals surface area contributed by atoms with Gasteiger partial charge in [-0.1, -0.05) is 29.3 Å². The van der Waals surface area contributed by atoms with Crippen molar-refractivity contribution in [2.45, 2.75) is 0 Å². The third-order valence-corrected chi connectivity index (χ3v) is 3.77. The van der Waals surface area contributed by atoms with Crippen LogP contribution in [0.25, 0.3) is 0 Å². The number of aromatic nitrogens is 1. The van der Waals surface area contributed by atoms with Gasteiger partial charge in [0, 0.05) is 37.4 Å². The van der Waals surface area contributed by atoms with E-state index in [0.29, 0.717) is 11.3 Å². The second-order valence-corrected chi connectivity index (χ2v) is 5.63. The first-order chi connectivity index (χ1) is 12.0. The fourth-order valence-corrected chi connectivity index (χ4v) is 2.57. The number of halogens is 2. The Morgan fingerprint density at radius 3 is 2.56 bits per heavy atom. The number of hydrazone groups is 1. The number of hydrogen-bond donors (Lipinski definition) is 2. The van der Waals surface area contributed by atoms with Gasteiger partial charge in [-0.3, -0.25) is 14.6 Å². The maximum Gasteiger partial charge on any atom is 0.266 e. The largest absolute Gasteiger partial charge is 0.376 e. The molecule has 130 valence electrons. The zero-order valence-electron chi connectivity index (χ0n) is 13.3. The van der Waals surface area contributed by atoms with Crippen LogP contribution < -0.4 is 15.6 Å². The van der Waals surface area contributed by atoms with Crippen LogP contribution >= 0.6 is 23.2 Å². The van der Waals surface area contributed by atoms with E-state index in [0.717, 1.165) is 5.01 Å². The first kappa shape index (κ1) is 18.7. The van der Waals surface area contributed by atoms with E-state index in [4.69, 9.17) is 23.2 Å². The van der Waals surface area contributed by atoms with Crippen molar-refractivity contribution < 1.29 is 9.59 Å². The first-order valence-electron chi connectivity index (χ1n) is 7.12. The average Bonchev–Trinajstić information content (AvgIpc) is 2.62. The third kappa shape index (κ3) is 4.46. The fraction of sp³-hybridized carbons (Fsp3) is 0.125. The summed E-state index contributed by atoms with van der Waals surface area (Å²) in [5.74, 6) is -0.657. The van der Waals surface area contributed by atoms with Crippen LogP contribution in [-0.2, 0) is 4.79 Å². The molecule has 0 aliphatic carbocycles. The molecule has 7 nitrogen and oxygen atoms in total. The molecule has 0 atom stereocenters. The Morgan fingerprint density at radius 2 is 1.96 bits per heavy atom. The molecular formula is C16H15Cl2N5O2. The van der Waals surface area contributed by atoms with Crippen LogP contribution in [0.15, 0.2) is 41.8 Å². The molecular weight excluding hydrogens is 365 g/mol. The second-order valence-electron chi connectivity index (χ2n) is 4.81. The molecule has 0 unspecified atom stereocenters. The second kappa shape index (κ2) is 8.46. The molecule has 1 heterocycles. The number of amides is 2. The number of hydrogen-bond acceptors (Lipinski definition) is 5. The van der Waals surface area contributed by atoms with E-state index in [1.807, 2.05) is 0 Å². The zero-order valence-corrected chi connectivity index (χ0v) is 14.8. The summed E-state index contributed by atoms with van der Waals surface area (Å²) in [5.41, 5.74) is 1.28. The first-order valence-corrected chi connectivity index (χ1v) is 7.88. The molecule has 2 aromatic rings. The zero-order chi connectivity index (χ0) is 18.4. The minimum absolute atomic E-state index is 0.106. The Hall–Kier alpha value is -2.64. The molecule has 2 amide bonds. The topological polar surface area (TPSA) is 86.7 Å². The summed E-state index contributed by atoms with van der Waals surface area (Å²) >= 11 is 12.1. The average molecular weight is 380 g/mol. The molecule has 2 rings (SSSR count). The number of nitrogens with one attached hydrogen (secondary N) is 2. The van der Waals surface area contributed by atoms with Crippen molar-refractivity contribution >= 4 is 53.1 Å². The van der Waals surface area contributed by atoms with E-state index in [2.05, 4.69) is 27.4 Å². The van der Waals surface area contributed by atoms with E-state index >= 15 is 0 Å². The highest BCUT2D eigenvalue weighted by Crippen LogP contribution is 2.32. The van der Waals surface area contributed by atoms with Gasteiger partial charge in [0.25, 0.3) is 11.8 Å². The summed E-state index contributed by atoms with van der Waals surface area (Å²) in [7, 11) is 1.54. The summed E-state index contributed by atoms with van der Waals surface area (Å²) in [6.45, 7) is 3.27. The van der Waals surface area contributed by atoms with Gasteiger partial charge in [0.15, 0.2) is 0 Å². The number of rotatable bonds is 6. The van der Waals surface area contributed by atoms with Gasteiger partial charge in [-0.2, -0.15) is 10.1 Å². The van der Waals surface area contributed by atoms with Crippen molar-refractivity contribution in [1.29, 1.82) is 0 Å². The van der Waals surface area contributed by atoms with Crippen molar-refractivity contribution in [3.63, 3.8) is 0 Å². The Kier molecular flexibility index (Phi) is 6.32. The maximum atomic E-state index is 12.4. The molecule has 9 heteroatoms. The van der Waals surface area contributed by atoms with Crippen LogP contribution in [0.5, 0.6) is 0 Å². The van der Waals surface area contributed by atoms with Gasteiger partial charge < -0.3 is 10.6 Å². The number of anilines is 2. The summed E-state index contributed by atoms with van der Waals surface area (Å²) in [6, 6.07) is 6.74. The molecule has 0 fully saturated rings. The van der Waals surface area contributed by atoms with E-state index < -0.39 is 5.91 Å². The Balaban J connectivity index is 2.13. The number of pyridine rings is 1. The van der Waals surface area contributed by atoms with Crippen LogP contribution in [0.4, 0.5) is 11.4 Å². The SMILES string of the molecule is C=NN(C(=O)CNc1cccc(C(=O)NC)c1)c1c(Cl)cncc1Cl. The smallest absolute Gasteiger partial charge is 0.266 e. The number of carbonyl (C=O) groups is 2. The van der Waals surface area contributed by atoms with E-state index in [9.17, 15) is 9.59 Å². The monoisotopic (exact) mass is 379 g/mol. The highest BCUT2D eigenvalue weighted by atomic mass is 35.5. The molecule has 0 radical (unpaired) electrons. The number of benzene rings is 1. The van der Waals surface area contributed by atoms with Crippen LogP contribution in [0, 0.1) is 0 Å². The van der Waals surface area contributed by atoms with Gasteiger partial charge in [0.1, 0.15) is 5.69 Å². The molecule has 0 aliphatic heterocycles. The summed E-state index contributed by atoms with van der Waals surface area (Å²) in [6.07, 6.45) is 2.71. The highest BCUT2D eigenvalue weighted by molar-refractivity contribution is 6.39. The van der Waals surface area contributed by atoms with Crippen molar-refractivity contribution in [3.05, 3.63) is 52.3 Å². The standard InChI is InChI=1S/C16H15Cl2N5O2/c1-19-16(25)10-4-3-5-11(6-10)22-9-14(24)23(20-2)15-12(17)7-21-8-13(15)18/h3-8,22H,2,9H2,1H3,(H,19,25). The van der Waals surface area contributed by atoms with Gasteiger partial charge in [-0.05, 0) is 18.2 Å². The lowest BCUT2D eigenvalue weighted by atomic mass is 10.2. The van der Waals surface area contributed by atoms with Gasteiger partial charge in [0.05, 0.1) is 16.6 Å². The normalized spacial score (nSPS) is 10.0. The molecule has 0 saturated heterocycles. The minimum atomic E-state index is -0.435. The van der Waals surface area contributed by atoms with Crippen molar-refractivity contribution in [1.82, 2.24) is 10.3 Å².